The highest BCUT2D eigenvalue weighted by atomic mass is 16.5. The number of nitrogens with one attached hydrogen (secondary N) is 2. The number of amides is 1. The van der Waals surface area contributed by atoms with Crippen molar-refractivity contribution >= 4 is 35.1 Å². The monoisotopic (exact) mass is 506 g/mol. The molecule has 37 heavy (non-hydrogen) atoms. The van der Waals surface area contributed by atoms with Crippen molar-refractivity contribution in [1.29, 1.82) is 0 Å². The Labute approximate surface area is 217 Å². The van der Waals surface area contributed by atoms with Crippen LogP contribution >= 0.6 is 0 Å². The summed E-state index contributed by atoms with van der Waals surface area (Å²) in [6, 6.07) is 12.0. The topological polar surface area (TPSA) is 111 Å². The number of aldehydes is 1. The zero-order chi connectivity index (χ0) is 27.5. The number of carbonyl (C=O) groups is 2. The van der Waals surface area contributed by atoms with Crippen molar-refractivity contribution in [3.05, 3.63) is 79.0 Å². The van der Waals surface area contributed by atoms with E-state index in [2.05, 4.69) is 27.2 Å². The van der Waals surface area contributed by atoms with Gasteiger partial charge in [0.25, 0.3) is 0 Å². The summed E-state index contributed by atoms with van der Waals surface area (Å²) in [7, 11) is 4.89. The summed E-state index contributed by atoms with van der Waals surface area (Å²) in [5.41, 5.74) is 1.77. The highest BCUT2D eigenvalue weighted by Crippen LogP contribution is 2.35. The molecule has 0 atom stereocenters. The third kappa shape index (κ3) is 10.3. The van der Waals surface area contributed by atoms with E-state index in [1.165, 1.54) is 7.11 Å². The van der Waals surface area contributed by atoms with E-state index in [1.54, 1.807) is 68.9 Å². The Morgan fingerprint density at radius 3 is 2.32 bits per heavy atom. The lowest BCUT2D eigenvalue weighted by Crippen LogP contribution is -2.23. The van der Waals surface area contributed by atoms with Crippen LogP contribution in [0.25, 0.3) is 10.9 Å². The minimum absolute atomic E-state index is 0.497. The summed E-state index contributed by atoms with van der Waals surface area (Å²) in [6.07, 6.45) is 8.54. The first-order valence-electron chi connectivity index (χ1n) is 11.3. The number of ether oxygens (including phenoxy) is 3. The molecule has 1 aromatic heterocycles. The fraction of sp³-hybridized carbons (Fsp3) is 0.214. The average Bonchev–Trinajstić information content (AvgIpc) is 2.92. The third-order valence-corrected chi connectivity index (χ3v) is 4.44. The Morgan fingerprint density at radius 2 is 1.78 bits per heavy atom. The fourth-order valence-electron chi connectivity index (χ4n) is 2.84. The van der Waals surface area contributed by atoms with Crippen molar-refractivity contribution in [3.63, 3.8) is 0 Å². The number of nitrogens with zero attached hydrogens (tertiary/aromatic N) is 2. The summed E-state index contributed by atoms with van der Waals surface area (Å²) in [6.45, 7) is 7.69. The lowest BCUT2D eigenvalue weighted by Gasteiger charge is -2.12. The van der Waals surface area contributed by atoms with Gasteiger partial charge in [-0.15, -0.1) is 6.58 Å². The van der Waals surface area contributed by atoms with Crippen LogP contribution in [0, 0.1) is 0 Å². The molecule has 0 saturated carbocycles. The van der Waals surface area contributed by atoms with Gasteiger partial charge < -0.3 is 24.8 Å². The number of pyridine rings is 1. The van der Waals surface area contributed by atoms with Crippen molar-refractivity contribution in [2.45, 2.75) is 13.8 Å². The second-order valence-electron chi connectivity index (χ2n) is 7.06. The van der Waals surface area contributed by atoms with Crippen LogP contribution in [0.1, 0.15) is 24.2 Å². The van der Waals surface area contributed by atoms with Crippen LogP contribution in [0.3, 0.4) is 0 Å². The number of fused-ring (bicyclic) bond motifs is 1. The van der Waals surface area contributed by atoms with Crippen molar-refractivity contribution in [2.75, 3.05) is 33.3 Å². The fourth-order valence-corrected chi connectivity index (χ4v) is 2.84. The molecular weight excluding hydrogens is 472 g/mol. The molecule has 0 fully saturated rings. The predicted molar refractivity (Wildman–Crippen MR) is 149 cm³/mol. The first-order chi connectivity index (χ1) is 18.0. The van der Waals surface area contributed by atoms with Gasteiger partial charge in [0.2, 0.25) is 6.41 Å². The van der Waals surface area contributed by atoms with Gasteiger partial charge in [-0.1, -0.05) is 12.2 Å². The number of benzene rings is 2. The first-order valence-corrected chi connectivity index (χ1v) is 11.3. The number of methoxy groups -OCH3 is 2. The second-order valence-corrected chi connectivity index (χ2v) is 7.06. The van der Waals surface area contributed by atoms with Gasteiger partial charge in [-0.05, 0) is 56.3 Å². The van der Waals surface area contributed by atoms with Gasteiger partial charge in [0.1, 0.15) is 36.1 Å². The molecule has 0 spiro atoms. The molecule has 9 nitrogen and oxygen atoms in total. The normalized spacial score (nSPS) is 10.4. The zero-order valence-electron chi connectivity index (χ0n) is 21.9. The minimum Gasteiger partial charge on any atom is -0.494 e. The van der Waals surface area contributed by atoms with Gasteiger partial charge >= 0.3 is 0 Å². The van der Waals surface area contributed by atoms with Crippen LogP contribution in [0.2, 0.25) is 0 Å². The number of aliphatic imine (C=N–C) groups is 1. The van der Waals surface area contributed by atoms with Crippen LogP contribution < -0.4 is 20.1 Å². The molecule has 0 unspecified atom stereocenters. The molecule has 0 saturated heterocycles. The molecule has 0 aliphatic heterocycles. The smallest absolute Gasteiger partial charge is 0.211 e. The van der Waals surface area contributed by atoms with Crippen molar-refractivity contribution in [2.24, 2.45) is 4.99 Å². The molecule has 0 bridgehead atoms. The van der Waals surface area contributed by atoms with Crippen LogP contribution in [0.4, 0.5) is 5.69 Å². The number of amidine groups is 1. The predicted octanol–water partition coefficient (Wildman–Crippen LogP) is 5.39. The molecule has 1 heterocycles. The van der Waals surface area contributed by atoms with E-state index in [0.717, 1.165) is 17.5 Å². The number of aromatic nitrogens is 1. The second kappa shape index (κ2) is 17.9. The van der Waals surface area contributed by atoms with Crippen LogP contribution in [-0.4, -0.2) is 51.5 Å². The SMILES string of the molecule is C/C=C\C(=NC)NCOC.C=CC.COc1cc2nccc(Oc3ccc(C=O)cc3)c2cc1NC=O. The summed E-state index contributed by atoms with van der Waals surface area (Å²) in [5, 5.41) is 6.28. The van der Waals surface area contributed by atoms with E-state index in [9.17, 15) is 9.59 Å². The third-order valence-electron chi connectivity index (χ3n) is 4.44. The van der Waals surface area contributed by atoms with E-state index in [0.29, 0.717) is 47.2 Å². The molecule has 3 aromatic rings. The van der Waals surface area contributed by atoms with Gasteiger partial charge in [0.15, 0.2) is 0 Å². The molecule has 196 valence electrons. The number of rotatable bonds is 9. The molecular formula is C28H34N4O5. The van der Waals surface area contributed by atoms with Gasteiger partial charge in [-0.25, -0.2) is 0 Å². The molecule has 9 heteroatoms. The molecule has 1 amide bonds. The van der Waals surface area contributed by atoms with E-state index >= 15 is 0 Å². The zero-order valence-corrected chi connectivity index (χ0v) is 21.9. The Hall–Kier alpha value is -4.50. The van der Waals surface area contributed by atoms with Gasteiger partial charge in [0, 0.05) is 37.4 Å². The minimum atomic E-state index is 0.497. The lowest BCUT2D eigenvalue weighted by atomic mass is 10.1. The quantitative estimate of drug-likeness (QED) is 0.132. The molecule has 2 aromatic carbocycles. The highest BCUT2D eigenvalue weighted by Gasteiger charge is 2.10. The van der Waals surface area contributed by atoms with E-state index < -0.39 is 0 Å². The number of hydrogen-bond donors (Lipinski definition) is 2. The van der Waals surface area contributed by atoms with Gasteiger partial charge in [-0.2, -0.15) is 0 Å². The van der Waals surface area contributed by atoms with E-state index in [1.807, 2.05) is 26.0 Å². The molecule has 2 N–H and O–H groups in total. The van der Waals surface area contributed by atoms with Gasteiger partial charge in [-0.3, -0.25) is 19.6 Å². The Morgan fingerprint density at radius 1 is 1.08 bits per heavy atom. The number of hydrogen-bond acceptors (Lipinski definition) is 7. The maximum atomic E-state index is 10.8. The summed E-state index contributed by atoms with van der Waals surface area (Å²) in [4.78, 5) is 29.7. The van der Waals surface area contributed by atoms with Gasteiger partial charge in [0.05, 0.1) is 18.3 Å². The molecule has 3 rings (SSSR count). The lowest BCUT2D eigenvalue weighted by molar-refractivity contribution is -0.105. The summed E-state index contributed by atoms with van der Waals surface area (Å²) >= 11 is 0. The Balaban J connectivity index is 0.000000443. The largest absolute Gasteiger partial charge is 0.494 e. The number of allylic oxidation sites excluding steroid dienone is 2. The first kappa shape index (κ1) is 30.5. The number of anilines is 1. The van der Waals surface area contributed by atoms with Crippen LogP contribution in [-0.2, 0) is 9.53 Å². The standard InChI is InChI=1S/C18H14N2O4.C7H14N2O.C3H6/c1-23-18-9-15-14(8-16(18)20-11-22)17(6-7-19-15)24-13-4-2-12(10-21)3-5-13;1-4-5-7(8-2)9-6-10-3;1-3-2/h2-11H,1H3,(H,20,22);4-5H,6H2,1-3H3,(H,8,9);3H,1H2,2H3/b;5-4-;. The van der Waals surface area contributed by atoms with Crippen molar-refractivity contribution in [3.8, 4) is 17.2 Å². The number of carbonyl (C=O) groups excluding carboxylic acids is 2. The van der Waals surface area contributed by atoms with Crippen molar-refractivity contribution < 1.29 is 23.8 Å². The summed E-state index contributed by atoms with van der Waals surface area (Å²) < 4.78 is 15.9. The molecule has 0 radical (unpaired) electrons. The Kier molecular flexibility index (Phi) is 14.7. The van der Waals surface area contributed by atoms with E-state index in [-0.39, 0.29) is 0 Å². The van der Waals surface area contributed by atoms with Crippen LogP contribution in [0.15, 0.2) is 78.5 Å². The maximum Gasteiger partial charge on any atom is 0.211 e. The highest BCUT2D eigenvalue weighted by molar-refractivity contribution is 5.93. The average molecular weight is 507 g/mol. The maximum absolute atomic E-state index is 10.8. The Bertz CT molecular complexity index is 1190. The van der Waals surface area contributed by atoms with Crippen LogP contribution in [0.5, 0.6) is 17.2 Å². The summed E-state index contributed by atoms with van der Waals surface area (Å²) in [5.74, 6) is 2.52. The van der Waals surface area contributed by atoms with E-state index in [4.69, 9.17) is 14.2 Å². The molecule has 0 aliphatic rings. The molecule has 0 aliphatic carbocycles. The van der Waals surface area contributed by atoms with Crippen molar-refractivity contribution in [1.82, 2.24) is 10.3 Å².